The van der Waals surface area contributed by atoms with Crippen molar-refractivity contribution < 1.29 is 9.90 Å². The number of anilines is 2. The van der Waals surface area contributed by atoms with Gasteiger partial charge in [-0.25, -0.2) is 14.8 Å². The van der Waals surface area contributed by atoms with Crippen LogP contribution in [0.3, 0.4) is 0 Å². The van der Waals surface area contributed by atoms with Crippen LogP contribution in [0.5, 0.6) is 0 Å². The minimum atomic E-state index is -0.344. The largest absolute Gasteiger partial charge is 0.396 e. The molecule has 0 bridgehead atoms. The Morgan fingerprint density at radius 1 is 1.04 bits per heavy atom. The highest BCUT2D eigenvalue weighted by molar-refractivity contribution is 5.90. The number of nitrogens with two attached hydrogens (primary N) is 1. The monoisotopic (exact) mass is 363 g/mol. The zero-order valence-electron chi connectivity index (χ0n) is 14.7. The first-order valence-electron chi connectivity index (χ1n) is 8.57. The average Bonchev–Trinajstić information content (AvgIpc) is 2.69. The number of carbonyl (C=O) groups is 1. The molecular formula is C20H21N5O2. The molecule has 1 atom stereocenters. The van der Waals surface area contributed by atoms with Crippen LogP contribution >= 0.6 is 0 Å². The Hall–Kier alpha value is -3.45. The van der Waals surface area contributed by atoms with Gasteiger partial charge >= 0.3 is 6.03 Å². The van der Waals surface area contributed by atoms with Crippen LogP contribution in [-0.2, 0) is 0 Å². The van der Waals surface area contributed by atoms with Crippen LogP contribution in [0.25, 0.3) is 11.1 Å². The summed E-state index contributed by atoms with van der Waals surface area (Å²) in [5.41, 5.74) is 8.76. The predicted octanol–water partition coefficient (Wildman–Crippen LogP) is 2.97. The maximum absolute atomic E-state index is 12.4. The molecular weight excluding hydrogens is 342 g/mol. The standard InChI is InChI=1S/C20H21N5O2/c21-19-22-12-16(13-23-19)15-7-4-8-17(11-15)24-20(27)25-18(9-10-26)14-5-2-1-3-6-14/h1-8,11-13,18,26H,9-10H2,(H2,21,22,23)(H2,24,25,27). The molecule has 0 saturated heterocycles. The number of hydrogen-bond acceptors (Lipinski definition) is 5. The summed E-state index contributed by atoms with van der Waals surface area (Å²) in [5, 5.41) is 15.0. The highest BCUT2D eigenvalue weighted by atomic mass is 16.3. The lowest BCUT2D eigenvalue weighted by molar-refractivity contribution is 0.239. The molecule has 1 aromatic heterocycles. The summed E-state index contributed by atoms with van der Waals surface area (Å²) >= 11 is 0. The van der Waals surface area contributed by atoms with E-state index in [1.165, 1.54) is 0 Å². The Labute approximate surface area is 157 Å². The summed E-state index contributed by atoms with van der Waals surface area (Å²) in [6.07, 6.45) is 3.70. The first kappa shape index (κ1) is 18.3. The molecule has 7 nitrogen and oxygen atoms in total. The van der Waals surface area contributed by atoms with Gasteiger partial charge in [-0.15, -0.1) is 0 Å². The number of nitrogen functional groups attached to an aromatic ring is 1. The highest BCUT2D eigenvalue weighted by Gasteiger charge is 2.14. The Balaban J connectivity index is 1.70. The van der Waals surface area contributed by atoms with Crippen LogP contribution in [0.4, 0.5) is 16.4 Å². The summed E-state index contributed by atoms with van der Waals surface area (Å²) in [5.74, 6) is 0.211. The van der Waals surface area contributed by atoms with Crippen molar-refractivity contribution in [1.82, 2.24) is 15.3 Å². The van der Waals surface area contributed by atoms with Crippen molar-refractivity contribution in [3.8, 4) is 11.1 Å². The van der Waals surface area contributed by atoms with Gasteiger partial charge in [0.15, 0.2) is 0 Å². The third kappa shape index (κ3) is 5.02. The van der Waals surface area contributed by atoms with Crippen LogP contribution in [0, 0.1) is 0 Å². The van der Waals surface area contributed by atoms with E-state index >= 15 is 0 Å². The number of aliphatic hydroxyl groups excluding tert-OH is 1. The lowest BCUT2D eigenvalue weighted by Crippen LogP contribution is -2.33. The lowest BCUT2D eigenvalue weighted by Gasteiger charge is -2.19. The quantitative estimate of drug-likeness (QED) is 0.538. The van der Waals surface area contributed by atoms with Crippen LogP contribution in [0.2, 0.25) is 0 Å². The summed E-state index contributed by atoms with van der Waals surface area (Å²) in [6, 6.07) is 16.3. The van der Waals surface area contributed by atoms with E-state index in [1.54, 1.807) is 18.5 Å². The molecule has 0 aliphatic carbocycles. The maximum Gasteiger partial charge on any atom is 0.319 e. The SMILES string of the molecule is Nc1ncc(-c2cccc(NC(=O)NC(CCO)c3ccccc3)c2)cn1. The van der Waals surface area contributed by atoms with Gasteiger partial charge in [-0.2, -0.15) is 0 Å². The fraction of sp³-hybridized carbons (Fsp3) is 0.150. The number of hydrogen-bond donors (Lipinski definition) is 4. The Morgan fingerprint density at radius 2 is 1.78 bits per heavy atom. The number of amides is 2. The second-order valence-corrected chi connectivity index (χ2v) is 5.98. The topological polar surface area (TPSA) is 113 Å². The second kappa shape index (κ2) is 8.77. The lowest BCUT2D eigenvalue weighted by atomic mass is 10.0. The third-order valence-corrected chi connectivity index (χ3v) is 4.05. The Morgan fingerprint density at radius 3 is 2.48 bits per heavy atom. The van der Waals surface area contributed by atoms with E-state index in [0.717, 1.165) is 16.7 Å². The van der Waals surface area contributed by atoms with E-state index in [2.05, 4.69) is 20.6 Å². The van der Waals surface area contributed by atoms with Crippen molar-refractivity contribution in [3.05, 3.63) is 72.6 Å². The zero-order valence-corrected chi connectivity index (χ0v) is 14.7. The molecule has 1 heterocycles. The molecule has 1 unspecified atom stereocenters. The van der Waals surface area contributed by atoms with Crippen molar-refractivity contribution in [1.29, 1.82) is 0 Å². The average molecular weight is 363 g/mol. The van der Waals surface area contributed by atoms with Gasteiger partial charge in [0.25, 0.3) is 0 Å². The summed E-state index contributed by atoms with van der Waals surface area (Å²) in [7, 11) is 0. The molecule has 0 aliphatic rings. The first-order valence-corrected chi connectivity index (χ1v) is 8.57. The van der Waals surface area contributed by atoms with E-state index in [-0.39, 0.29) is 24.6 Å². The van der Waals surface area contributed by atoms with E-state index in [1.807, 2.05) is 48.5 Å². The van der Waals surface area contributed by atoms with Gasteiger partial charge in [-0.3, -0.25) is 0 Å². The molecule has 2 amide bonds. The molecule has 5 N–H and O–H groups in total. The minimum absolute atomic E-state index is 0.0214. The fourth-order valence-corrected chi connectivity index (χ4v) is 2.73. The van der Waals surface area contributed by atoms with Gasteiger partial charge < -0.3 is 21.5 Å². The summed E-state index contributed by atoms with van der Waals surface area (Å²) < 4.78 is 0. The van der Waals surface area contributed by atoms with Crippen LogP contribution in [0.1, 0.15) is 18.0 Å². The fourth-order valence-electron chi connectivity index (χ4n) is 2.73. The normalized spacial score (nSPS) is 11.6. The number of carbonyl (C=O) groups excluding carboxylic acids is 1. The molecule has 0 saturated carbocycles. The number of urea groups is 1. The molecule has 0 radical (unpaired) electrons. The molecule has 0 spiro atoms. The molecule has 7 heteroatoms. The van der Waals surface area contributed by atoms with E-state index in [4.69, 9.17) is 5.73 Å². The predicted molar refractivity (Wildman–Crippen MR) is 105 cm³/mol. The highest BCUT2D eigenvalue weighted by Crippen LogP contribution is 2.22. The van der Waals surface area contributed by atoms with Gasteiger partial charge in [0.05, 0.1) is 6.04 Å². The van der Waals surface area contributed by atoms with Crippen LogP contribution < -0.4 is 16.4 Å². The van der Waals surface area contributed by atoms with Crippen LogP contribution in [-0.4, -0.2) is 27.7 Å². The molecule has 0 fully saturated rings. The zero-order chi connectivity index (χ0) is 19.1. The summed E-state index contributed by atoms with van der Waals surface area (Å²) in [4.78, 5) is 20.4. The molecule has 3 aromatic rings. The molecule has 138 valence electrons. The van der Waals surface area contributed by atoms with Crippen molar-refractivity contribution >= 4 is 17.7 Å². The number of benzene rings is 2. The molecule has 3 rings (SSSR count). The van der Waals surface area contributed by atoms with Crippen molar-refractivity contribution in [3.63, 3.8) is 0 Å². The van der Waals surface area contributed by atoms with E-state index in [0.29, 0.717) is 12.1 Å². The van der Waals surface area contributed by atoms with E-state index in [9.17, 15) is 9.90 Å². The van der Waals surface area contributed by atoms with Gasteiger partial charge in [-0.05, 0) is 29.7 Å². The summed E-state index contributed by atoms with van der Waals surface area (Å²) in [6.45, 7) is -0.0214. The van der Waals surface area contributed by atoms with E-state index < -0.39 is 0 Å². The second-order valence-electron chi connectivity index (χ2n) is 5.98. The number of nitrogens with one attached hydrogen (secondary N) is 2. The van der Waals surface area contributed by atoms with Gasteiger partial charge in [0.1, 0.15) is 0 Å². The number of rotatable bonds is 6. The maximum atomic E-state index is 12.4. The Kier molecular flexibility index (Phi) is 5.96. The Bertz CT molecular complexity index is 884. The van der Waals surface area contributed by atoms with Gasteiger partial charge in [-0.1, -0.05) is 42.5 Å². The smallest absolute Gasteiger partial charge is 0.319 e. The van der Waals surface area contributed by atoms with Crippen LogP contribution in [0.15, 0.2) is 67.0 Å². The minimum Gasteiger partial charge on any atom is -0.396 e. The van der Waals surface area contributed by atoms with Crippen molar-refractivity contribution in [2.45, 2.75) is 12.5 Å². The third-order valence-electron chi connectivity index (χ3n) is 4.05. The van der Waals surface area contributed by atoms with Crippen molar-refractivity contribution in [2.75, 3.05) is 17.7 Å². The number of aromatic nitrogens is 2. The number of nitrogens with zero attached hydrogens (tertiary/aromatic N) is 2. The van der Waals surface area contributed by atoms with Gasteiger partial charge in [0, 0.05) is 30.3 Å². The van der Waals surface area contributed by atoms with Crippen molar-refractivity contribution in [2.24, 2.45) is 0 Å². The van der Waals surface area contributed by atoms with Gasteiger partial charge in [0.2, 0.25) is 5.95 Å². The first-order chi connectivity index (χ1) is 13.2. The number of aliphatic hydroxyl groups is 1. The molecule has 2 aromatic carbocycles. The molecule has 0 aliphatic heterocycles. The molecule has 27 heavy (non-hydrogen) atoms.